The van der Waals surface area contributed by atoms with Crippen LogP contribution < -0.4 is 10.1 Å². The number of nitrogens with one attached hydrogen (secondary N) is 2. The summed E-state index contributed by atoms with van der Waals surface area (Å²) in [5.41, 5.74) is 2.45. The van der Waals surface area contributed by atoms with Crippen LogP contribution in [0.3, 0.4) is 0 Å². The molecule has 0 aliphatic carbocycles. The van der Waals surface area contributed by atoms with Crippen LogP contribution in [0.5, 0.6) is 5.75 Å². The third-order valence-corrected chi connectivity index (χ3v) is 3.02. The summed E-state index contributed by atoms with van der Waals surface area (Å²) in [5.74, 6) is 0.964. The Labute approximate surface area is 108 Å². The van der Waals surface area contributed by atoms with Crippen LogP contribution in [0.4, 0.5) is 0 Å². The zero-order valence-corrected chi connectivity index (χ0v) is 10.9. The Morgan fingerprint density at radius 1 is 1.22 bits per heavy atom. The zero-order chi connectivity index (χ0) is 12.8. The lowest BCUT2D eigenvalue weighted by molar-refractivity contribution is 0.406. The molecule has 96 valence electrons. The summed E-state index contributed by atoms with van der Waals surface area (Å²) in [6.07, 6.45) is 2.91. The van der Waals surface area contributed by atoms with Gasteiger partial charge in [-0.2, -0.15) is 0 Å². The average molecular weight is 244 g/mol. The highest BCUT2D eigenvalue weighted by Gasteiger charge is 2.07. The average Bonchev–Trinajstić information content (AvgIpc) is 2.90. The molecule has 18 heavy (non-hydrogen) atoms. The quantitative estimate of drug-likeness (QED) is 0.820. The Hall–Kier alpha value is -1.74. The van der Waals surface area contributed by atoms with Gasteiger partial charge in [-0.05, 0) is 37.1 Å². The summed E-state index contributed by atoms with van der Waals surface area (Å²) >= 11 is 0. The number of ether oxygens (including phenoxy) is 1. The second-order valence-electron chi connectivity index (χ2n) is 4.49. The van der Waals surface area contributed by atoms with Crippen molar-refractivity contribution in [3.8, 4) is 5.75 Å². The van der Waals surface area contributed by atoms with Gasteiger partial charge < -0.3 is 15.0 Å². The van der Waals surface area contributed by atoms with Gasteiger partial charge in [-0.15, -0.1) is 0 Å². The standard InChI is InChI=1S/C15H20N2O/c1-12(17-11-14-7-5-9-16-14)10-13-6-3-4-8-15(13)18-2/h3-9,12,16-17H,10-11H2,1-2H3. The number of rotatable bonds is 6. The van der Waals surface area contributed by atoms with Crippen molar-refractivity contribution in [1.29, 1.82) is 0 Å². The normalized spacial score (nSPS) is 12.3. The Kier molecular flexibility index (Phi) is 4.42. The molecule has 2 rings (SSSR count). The summed E-state index contributed by atoms with van der Waals surface area (Å²) in [6, 6.07) is 12.7. The first-order chi connectivity index (χ1) is 8.79. The molecule has 1 atom stereocenters. The van der Waals surface area contributed by atoms with E-state index in [1.165, 1.54) is 11.3 Å². The van der Waals surface area contributed by atoms with Gasteiger partial charge in [-0.25, -0.2) is 0 Å². The van der Waals surface area contributed by atoms with Gasteiger partial charge in [-0.1, -0.05) is 18.2 Å². The summed E-state index contributed by atoms with van der Waals surface area (Å²) in [7, 11) is 1.72. The third kappa shape index (κ3) is 3.37. The lowest BCUT2D eigenvalue weighted by Gasteiger charge is -2.15. The van der Waals surface area contributed by atoms with Gasteiger partial charge in [0.05, 0.1) is 7.11 Å². The largest absolute Gasteiger partial charge is 0.496 e. The van der Waals surface area contributed by atoms with Gasteiger partial charge in [0.25, 0.3) is 0 Å². The van der Waals surface area contributed by atoms with E-state index in [2.05, 4.69) is 35.4 Å². The molecule has 0 spiro atoms. The lowest BCUT2D eigenvalue weighted by Crippen LogP contribution is -2.27. The number of para-hydroxylation sites is 1. The monoisotopic (exact) mass is 244 g/mol. The minimum atomic E-state index is 0.407. The molecule has 1 aromatic heterocycles. The van der Waals surface area contributed by atoms with E-state index in [1.807, 2.05) is 24.4 Å². The van der Waals surface area contributed by atoms with Gasteiger partial charge in [-0.3, -0.25) is 0 Å². The second kappa shape index (κ2) is 6.26. The summed E-state index contributed by atoms with van der Waals surface area (Å²) in [6.45, 7) is 3.05. The predicted octanol–water partition coefficient (Wildman–Crippen LogP) is 2.74. The molecule has 0 amide bonds. The molecule has 0 fully saturated rings. The molecule has 0 radical (unpaired) electrons. The first-order valence-electron chi connectivity index (χ1n) is 6.27. The highest BCUT2D eigenvalue weighted by atomic mass is 16.5. The van der Waals surface area contributed by atoms with Crippen molar-refractivity contribution >= 4 is 0 Å². The number of H-pyrrole nitrogens is 1. The van der Waals surface area contributed by atoms with E-state index in [1.54, 1.807) is 7.11 Å². The third-order valence-electron chi connectivity index (χ3n) is 3.02. The highest BCUT2D eigenvalue weighted by Crippen LogP contribution is 2.18. The minimum absolute atomic E-state index is 0.407. The molecular weight excluding hydrogens is 224 g/mol. The fourth-order valence-electron chi connectivity index (χ4n) is 2.04. The van der Waals surface area contributed by atoms with Crippen LogP contribution in [-0.4, -0.2) is 18.1 Å². The smallest absolute Gasteiger partial charge is 0.122 e. The van der Waals surface area contributed by atoms with Crippen molar-refractivity contribution in [2.45, 2.75) is 25.9 Å². The molecular formula is C15H20N2O. The van der Waals surface area contributed by atoms with Gasteiger partial charge in [0.2, 0.25) is 0 Å². The van der Waals surface area contributed by atoms with Gasteiger partial charge >= 0.3 is 0 Å². The maximum Gasteiger partial charge on any atom is 0.122 e. The van der Waals surface area contributed by atoms with Crippen molar-refractivity contribution in [3.63, 3.8) is 0 Å². The van der Waals surface area contributed by atoms with E-state index < -0.39 is 0 Å². The fraction of sp³-hybridized carbons (Fsp3) is 0.333. The topological polar surface area (TPSA) is 37.0 Å². The molecule has 1 heterocycles. The Bertz CT molecular complexity index is 465. The van der Waals surface area contributed by atoms with Gasteiger partial charge in [0, 0.05) is 24.5 Å². The molecule has 1 unspecified atom stereocenters. The van der Waals surface area contributed by atoms with E-state index in [0.717, 1.165) is 18.7 Å². The lowest BCUT2D eigenvalue weighted by atomic mass is 10.1. The number of benzene rings is 1. The number of hydrogen-bond acceptors (Lipinski definition) is 2. The number of hydrogen-bond donors (Lipinski definition) is 2. The maximum absolute atomic E-state index is 5.36. The molecule has 1 aromatic carbocycles. The maximum atomic E-state index is 5.36. The SMILES string of the molecule is COc1ccccc1CC(C)NCc1ccc[nH]1. The summed E-state index contributed by atoms with van der Waals surface area (Å²) in [5, 5.41) is 3.50. The molecule has 0 saturated heterocycles. The van der Waals surface area contributed by atoms with Crippen LogP contribution in [0.2, 0.25) is 0 Å². The van der Waals surface area contributed by atoms with E-state index >= 15 is 0 Å². The molecule has 3 heteroatoms. The summed E-state index contributed by atoms with van der Waals surface area (Å²) in [4.78, 5) is 3.19. The molecule has 0 aliphatic rings. The van der Waals surface area contributed by atoms with Crippen molar-refractivity contribution in [1.82, 2.24) is 10.3 Å². The van der Waals surface area contributed by atoms with Gasteiger partial charge in [0.15, 0.2) is 0 Å². The van der Waals surface area contributed by atoms with E-state index in [9.17, 15) is 0 Å². The second-order valence-corrected chi connectivity index (χ2v) is 4.49. The number of aromatic nitrogens is 1. The van der Waals surface area contributed by atoms with Crippen LogP contribution in [0.15, 0.2) is 42.6 Å². The molecule has 2 aromatic rings. The van der Waals surface area contributed by atoms with Crippen molar-refractivity contribution in [2.24, 2.45) is 0 Å². The van der Waals surface area contributed by atoms with E-state index in [-0.39, 0.29) is 0 Å². The van der Waals surface area contributed by atoms with Crippen molar-refractivity contribution < 1.29 is 4.74 Å². The van der Waals surface area contributed by atoms with Crippen LogP contribution in [0, 0.1) is 0 Å². The van der Waals surface area contributed by atoms with Crippen LogP contribution in [-0.2, 0) is 13.0 Å². The molecule has 0 saturated carbocycles. The van der Waals surface area contributed by atoms with E-state index in [0.29, 0.717) is 6.04 Å². The van der Waals surface area contributed by atoms with Crippen LogP contribution >= 0.6 is 0 Å². The predicted molar refractivity (Wildman–Crippen MR) is 73.8 cm³/mol. The van der Waals surface area contributed by atoms with Gasteiger partial charge in [0.1, 0.15) is 5.75 Å². The Balaban J connectivity index is 1.88. The number of aromatic amines is 1. The minimum Gasteiger partial charge on any atom is -0.496 e. The molecule has 0 bridgehead atoms. The van der Waals surface area contributed by atoms with Crippen LogP contribution in [0.25, 0.3) is 0 Å². The zero-order valence-electron chi connectivity index (χ0n) is 10.9. The molecule has 0 aliphatic heterocycles. The molecule has 3 nitrogen and oxygen atoms in total. The highest BCUT2D eigenvalue weighted by molar-refractivity contribution is 5.33. The Morgan fingerprint density at radius 2 is 2.06 bits per heavy atom. The molecule has 2 N–H and O–H groups in total. The first kappa shape index (κ1) is 12.7. The van der Waals surface area contributed by atoms with Crippen LogP contribution in [0.1, 0.15) is 18.2 Å². The first-order valence-corrected chi connectivity index (χ1v) is 6.27. The number of methoxy groups -OCH3 is 1. The van der Waals surface area contributed by atoms with E-state index in [4.69, 9.17) is 4.74 Å². The Morgan fingerprint density at radius 3 is 2.78 bits per heavy atom. The summed E-state index contributed by atoms with van der Waals surface area (Å²) < 4.78 is 5.36. The van der Waals surface area contributed by atoms with Crippen molar-refractivity contribution in [3.05, 3.63) is 53.9 Å². The fourth-order valence-corrected chi connectivity index (χ4v) is 2.04. The van der Waals surface area contributed by atoms with Crippen molar-refractivity contribution in [2.75, 3.05) is 7.11 Å².